The smallest absolute Gasteiger partial charge is 0.266 e. The van der Waals surface area contributed by atoms with Crippen LogP contribution in [0.1, 0.15) is 62.9 Å². The van der Waals surface area contributed by atoms with E-state index in [-0.39, 0.29) is 33.4 Å². The van der Waals surface area contributed by atoms with E-state index in [1.807, 2.05) is 31.2 Å². The van der Waals surface area contributed by atoms with Gasteiger partial charge in [0.2, 0.25) is 0 Å². The maximum absolute atomic E-state index is 13.4. The first-order chi connectivity index (χ1) is 18.7. The lowest BCUT2D eigenvalue weighted by atomic mass is 9.96. The van der Waals surface area contributed by atoms with E-state index in [0.717, 1.165) is 15.4 Å². The molecule has 8 heteroatoms. The maximum Gasteiger partial charge on any atom is 0.266 e. The molecule has 0 saturated heterocycles. The molecule has 0 N–H and O–H groups in total. The van der Waals surface area contributed by atoms with E-state index in [0.29, 0.717) is 17.2 Å². The Hall–Kier alpha value is -5.37. The molecular formula is C31H20N2O6. The van der Waals surface area contributed by atoms with E-state index in [9.17, 15) is 24.0 Å². The fourth-order valence-corrected chi connectivity index (χ4v) is 4.79. The van der Waals surface area contributed by atoms with Crippen LogP contribution in [0.25, 0.3) is 0 Å². The van der Waals surface area contributed by atoms with E-state index < -0.39 is 29.4 Å². The molecule has 8 nitrogen and oxygen atoms in total. The predicted molar refractivity (Wildman–Crippen MR) is 142 cm³/mol. The molecule has 4 aromatic carbocycles. The average Bonchev–Trinajstić information content (AvgIpc) is 3.31. The van der Waals surface area contributed by atoms with Gasteiger partial charge < -0.3 is 4.74 Å². The minimum absolute atomic E-state index is 0.100. The molecular weight excluding hydrogens is 496 g/mol. The number of aryl methyl sites for hydroxylation is 1. The lowest BCUT2D eigenvalue weighted by Crippen LogP contribution is -2.29. The van der Waals surface area contributed by atoms with Gasteiger partial charge in [-0.05, 0) is 61.0 Å². The number of hydrogen-bond acceptors (Lipinski definition) is 6. The third kappa shape index (κ3) is 3.90. The molecule has 39 heavy (non-hydrogen) atoms. The molecule has 190 valence electrons. The summed E-state index contributed by atoms with van der Waals surface area (Å²) in [6.45, 7) is 1.95. The van der Waals surface area contributed by atoms with Crippen LogP contribution in [0.2, 0.25) is 0 Å². The molecule has 4 aromatic rings. The molecule has 0 aromatic heterocycles. The van der Waals surface area contributed by atoms with Gasteiger partial charge in [0.15, 0.2) is 5.78 Å². The van der Waals surface area contributed by atoms with Gasteiger partial charge in [-0.1, -0.05) is 30.3 Å². The number of amides is 4. The Morgan fingerprint density at radius 1 is 0.615 bits per heavy atom. The van der Waals surface area contributed by atoms with Gasteiger partial charge >= 0.3 is 0 Å². The van der Waals surface area contributed by atoms with Crippen LogP contribution in [-0.2, 0) is 0 Å². The highest BCUT2D eigenvalue weighted by atomic mass is 16.5. The van der Waals surface area contributed by atoms with E-state index in [4.69, 9.17) is 4.74 Å². The Balaban J connectivity index is 1.29. The zero-order valence-corrected chi connectivity index (χ0v) is 20.9. The number of rotatable bonds is 5. The lowest BCUT2D eigenvalue weighted by molar-refractivity contribution is 0.0692. The SMILES string of the molecule is Cc1cccc(Oc2cccc(N3C(=O)c4ccc(C(=O)c5ccc6c(c5)C(=O)N(C)C6=O)cc4C3=O)c2)c1. The highest BCUT2D eigenvalue weighted by molar-refractivity contribution is 6.35. The molecule has 6 rings (SSSR count). The van der Waals surface area contributed by atoms with Crippen molar-refractivity contribution in [3.63, 3.8) is 0 Å². The topological polar surface area (TPSA) is 101 Å². The Labute approximate surface area is 223 Å². The maximum atomic E-state index is 13.4. The number of imide groups is 2. The number of anilines is 1. The minimum Gasteiger partial charge on any atom is -0.457 e. The average molecular weight is 517 g/mol. The summed E-state index contributed by atoms with van der Waals surface area (Å²) in [6.07, 6.45) is 0. The first-order valence-corrected chi connectivity index (χ1v) is 12.1. The van der Waals surface area contributed by atoms with Crippen molar-refractivity contribution in [2.75, 3.05) is 11.9 Å². The van der Waals surface area contributed by atoms with Crippen molar-refractivity contribution < 1.29 is 28.7 Å². The van der Waals surface area contributed by atoms with Crippen molar-refractivity contribution in [3.05, 3.63) is 124 Å². The zero-order valence-electron chi connectivity index (χ0n) is 20.9. The fourth-order valence-electron chi connectivity index (χ4n) is 4.79. The van der Waals surface area contributed by atoms with Gasteiger partial charge in [0.05, 0.1) is 27.9 Å². The molecule has 2 aliphatic heterocycles. The van der Waals surface area contributed by atoms with Crippen LogP contribution in [0, 0.1) is 6.92 Å². The van der Waals surface area contributed by atoms with Crippen molar-refractivity contribution in [1.82, 2.24) is 4.90 Å². The molecule has 0 atom stereocenters. The van der Waals surface area contributed by atoms with Gasteiger partial charge in [0.25, 0.3) is 23.6 Å². The number of ether oxygens (including phenoxy) is 1. The summed E-state index contributed by atoms with van der Waals surface area (Å²) < 4.78 is 5.92. The van der Waals surface area contributed by atoms with Gasteiger partial charge in [-0.2, -0.15) is 0 Å². The molecule has 0 radical (unpaired) electrons. The van der Waals surface area contributed by atoms with E-state index >= 15 is 0 Å². The highest BCUT2D eigenvalue weighted by Gasteiger charge is 2.38. The van der Waals surface area contributed by atoms with Crippen LogP contribution in [0.15, 0.2) is 84.9 Å². The van der Waals surface area contributed by atoms with Crippen LogP contribution >= 0.6 is 0 Å². The number of hydrogen-bond donors (Lipinski definition) is 0. The summed E-state index contributed by atoms with van der Waals surface area (Å²) >= 11 is 0. The van der Waals surface area contributed by atoms with Crippen LogP contribution in [-0.4, -0.2) is 41.4 Å². The Morgan fingerprint density at radius 3 is 1.82 bits per heavy atom. The van der Waals surface area contributed by atoms with E-state index in [2.05, 4.69) is 0 Å². The molecule has 0 unspecified atom stereocenters. The van der Waals surface area contributed by atoms with E-state index in [1.165, 1.54) is 43.4 Å². The molecule has 2 heterocycles. The van der Waals surface area contributed by atoms with Gasteiger partial charge in [0, 0.05) is 24.2 Å². The third-order valence-electron chi connectivity index (χ3n) is 6.80. The summed E-state index contributed by atoms with van der Waals surface area (Å²) in [7, 11) is 1.38. The number of carbonyl (C=O) groups is 5. The second kappa shape index (κ2) is 8.88. The van der Waals surface area contributed by atoms with Crippen LogP contribution in [0.4, 0.5) is 5.69 Å². The van der Waals surface area contributed by atoms with Gasteiger partial charge in [-0.25, -0.2) is 4.90 Å². The van der Waals surface area contributed by atoms with Crippen molar-refractivity contribution in [2.24, 2.45) is 0 Å². The Morgan fingerprint density at radius 2 is 1.15 bits per heavy atom. The van der Waals surface area contributed by atoms with Crippen molar-refractivity contribution in [3.8, 4) is 11.5 Å². The molecule has 4 amide bonds. The summed E-state index contributed by atoms with van der Waals surface area (Å²) in [6, 6.07) is 22.8. The largest absolute Gasteiger partial charge is 0.457 e. The van der Waals surface area contributed by atoms with Crippen LogP contribution in [0.5, 0.6) is 11.5 Å². The lowest BCUT2D eigenvalue weighted by Gasteiger charge is -2.15. The summed E-state index contributed by atoms with van der Waals surface area (Å²) in [5, 5.41) is 0. The first-order valence-electron chi connectivity index (χ1n) is 12.1. The molecule has 0 aliphatic carbocycles. The van der Waals surface area contributed by atoms with Gasteiger partial charge in [0.1, 0.15) is 11.5 Å². The standard InChI is InChI=1S/C31H20N2O6/c1-17-5-3-7-21(13-17)39-22-8-4-6-20(16-22)33-30(37)24-12-10-19(15-26(24)31(33)38)27(34)18-9-11-23-25(14-18)29(36)32(2)28(23)35/h3-16H,1-2H3. The third-order valence-corrected chi connectivity index (χ3v) is 6.80. The quantitative estimate of drug-likeness (QED) is 0.272. The molecule has 0 fully saturated rings. The van der Waals surface area contributed by atoms with Gasteiger partial charge in [-0.15, -0.1) is 0 Å². The van der Waals surface area contributed by atoms with Gasteiger partial charge in [-0.3, -0.25) is 28.9 Å². The predicted octanol–water partition coefficient (Wildman–Crippen LogP) is 5.04. The second-order valence-corrected chi connectivity index (χ2v) is 9.38. The molecule has 2 aliphatic rings. The molecule has 0 saturated carbocycles. The summed E-state index contributed by atoms with van der Waals surface area (Å²) in [5.74, 6) is -1.34. The van der Waals surface area contributed by atoms with Crippen molar-refractivity contribution in [1.29, 1.82) is 0 Å². The summed E-state index contributed by atoms with van der Waals surface area (Å²) in [4.78, 5) is 66.4. The number of fused-ring (bicyclic) bond motifs is 2. The monoisotopic (exact) mass is 516 g/mol. The molecule has 0 spiro atoms. The van der Waals surface area contributed by atoms with Crippen LogP contribution in [0.3, 0.4) is 0 Å². The Kier molecular flexibility index (Phi) is 5.46. The van der Waals surface area contributed by atoms with Crippen molar-refractivity contribution in [2.45, 2.75) is 6.92 Å². The first kappa shape index (κ1) is 24.0. The molecule has 0 bridgehead atoms. The minimum atomic E-state index is -0.561. The highest BCUT2D eigenvalue weighted by Crippen LogP contribution is 2.33. The van der Waals surface area contributed by atoms with Crippen LogP contribution < -0.4 is 9.64 Å². The van der Waals surface area contributed by atoms with E-state index in [1.54, 1.807) is 24.3 Å². The zero-order chi connectivity index (χ0) is 27.4. The van der Waals surface area contributed by atoms with Crippen molar-refractivity contribution >= 4 is 35.1 Å². The number of nitrogens with zero attached hydrogens (tertiary/aromatic N) is 2. The fraction of sp³-hybridized carbons (Fsp3) is 0.0645. The Bertz CT molecular complexity index is 1770. The number of ketones is 1. The summed E-state index contributed by atoms with van der Waals surface area (Å²) in [5.41, 5.74) is 2.41. The normalized spacial score (nSPS) is 14.1. The second-order valence-electron chi connectivity index (χ2n) is 9.38. The number of benzene rings is 4. The number of carbonyl (C=O) groups excluding carboxylic acids is 5.